The Morgan fingerprint density at radius 2 is 1.40 bits per heavy atom. The molecule has 6 atom stereocenters. The van der Waals surface area contributed by atoms with Crippen molar-refractivity contribution in [2.45, 2.75) is 115 Å². The number of aliphatic hydroxyl groups is 1. The molecule has 6 rings (SSSR count). The molecule has 4 amide bonds. The van der Waals surface area contributed by atoms with Gasteiger partial charge in [0.15, 0.2) is 0 Å². The van der Waals surface area contributed by atoms with Crippen molar-refractivity contribution in [2.24, 2.45) is 21.6 Å². The van der Waals surface area contributed by atoms with Crippen LogP contribution in [-0.2, 0) is 36.8 Å². The minimum atomic E-state index is -5.18. The molecule has 0 spiro atoms. The van der Waals surface area contributed by atoms with Gasteiger partial charge < -0.3 is 45.9 Å². The first kappa shape index (κ1) is 62.1. The van der Waals surface area contributed by atoms with Gasteiger partial charge in [-0.05, 0) is 88.4 Å². The number of rotatable bonds is 20. The monoisotopic (exact) mass is 1140 g/mol. The molecule has 0 saturated carbocycles. The van der Waals surface area contributed by atoms with Crippen molar-refractivity contribution in [1.82, 2.24) is 36.3 Å². The number of allylic oxidation sites excluding steroid dienone is 1. The fourth-order valence-corrected chi connectivity index (χ4v) is 9.40. The summed E-state index contributed by atoms with van der Waals surface area (Å²) in [6, 6.07) is 7.78. The van der Waals surface area contributed by atoms with E-state index in [0.29, 0.717) is 73.7 Å². The van der Waals surface area contributed by atoms with E-state index in [1.165, 1.54) is 18.2 Å². The summed E-state index contributed by atoms with van der Waals surface area (Å²) in [4.78, 5) is 65.3. The molecule has 2 aromatic carbocycles. The molecule has 2 bridgehead atoms. The van der Waals surface area contributed by atoms with Crippen LogP contribution >= 0.6 is 0 Å². The fraction of sp³-hybridized carbons (Fsp3) is 0.509. The van der Waals surface area contributed by atoms with E-state index in [-0.39, 0.29) is 16.7 Å². The number of nitrogens with two attached hydrogens (primary N) is 1. The number of nitrogens with one attached hydrogen (secondary N) is 4. The lowest BCUT2D eigenvalue weighted by atomic mass is 9.82. The van der Waals surface area contributed by atoms with E-state index in [4.69, 9.17) is 10.5 Å². The second-order valence-corrected chi connectivity index (χ2v) is 20.6. The standard InChI is InChI=1S/C53H63F9N10O8/c1-50(2,52(57,58)59)43(67-48(76)78-5)45(74)66-40(19-31-10-7-30(8-11-31)9-12-32-13-18-42(64-22-32)70-25-36-16-17-37(26-70)72(36)38-28-80-29-38)41(73)27-71(69-46(75)44(68-49(77)79-6)51(3,4)53(60,61)62)24-34-15-14-33(20-39(34)54)35(21-63)23-65-47(55)56/h7-8,10-11,13-15,18,20-23,36-38,40-41,43-44,47,73H,16-17,19,24-29,63H2,1-6H3,(H,66,74)(H,67,76)(H,68,77)(H,69,75)/t36?,37?,40-,41-,43+,44+/m0/s1. The molecule has 0 aliphatic carbocycles. The largest absolute Gasteiger partial charge is 0.453 e. The van der Waals surface area contributed by atoms with Gasteiger partial charge in [-0.2, -0.15) is 35.1 Å². The van der Waals surface area contributed by atoms with Gasteiger partial charge in [0.05, 0.1) is 56.5 Å². The third kappa shape index (κ3) is 15.2. The summed E-state index contributed by atoms with van der Waals surface area (Å²) in [7, 11) is 1.66. The molecule has 2 unspecified atom stereocenters. The summed E-state index contributed by atoms with van der Waals surface area (Å²) in [5.74, 6) is 2.73. The maximum Gasteiger partial charge on any atom is 0.407 e. The van der Waals surface area contributed by atoms with Crippen molar-refractivity contribution in [2.75, 3.05) is 52.0 Å². The number of alkyl halides is 8. The van der Waals surface area contributed by atoms with Crippen LogP contribution in [0.3, 0.4) is 0 Å². The summed E-state index contributed by atoms with van der Waals surface area (Å²) in [5.41, 5.74) is 2.49. The first-order chi connectivity index (χ1) is 37.6. The number of hydrazine groups is 1. The van der Waals surface area contributed by atoms with Crippen LogP contribution in [0.1, 0.15) is 68.4 Å². The van der Waals surface area contributed by atoms with E-state index in [2.05, 4.69) is 51.8 Å². The Balaban J connectivity index is 1.30. The van der Waals surface area contributed by atoms with Crippen molar-refractivity contribution < 1.29 is 78.0 Å². The highest BCUT2D eigenvalue weighted by Crippen LogP contribution is 2.42. The third-order valence-corrected chi connectivity index (χ3v) is 14.5. The lowest BCUT2D eigenvalue weighted by Crippen LogP contribution is -2.63. The minimum absolute atomic E-state index is 0.0719. The Kier molecular flexibility index (Phi) is 20.1. The zero-order valence-corrected chi connectivity index (χ0v) is 44.4. The number of aromatic nitrogens is 1. The first-order valence-corrected chi connectivity index (χ1v) is 25.1. The Morgan fingerprint density at radius 3 is 1.89 bits per heavy atom. The molecule has 27 heteroatoms. The summed E-state index contributed by atoms with van der Waals surface area (Å²) >= 11 is 0. The SMILES string of the molecule is COC(=O)N[C@H](C(=O)N[C@@H](Cc1ccc(C#Cc2ccc(N3CC4CCC(C3)N4C3COC3)nc2)cc1)[C@@H](O)CN(Cc1ccc(C(C=NC(F)F)=CN)cc1F)NC(=O)[C@@H](NC(=O)OC)C(C)(C)C(F)(F)F)C(C)(C)C(F)(F)F. The van der Waals surface area contributed by atoms with E-state index in [1.54, 1.807) is 18.3 Å². The number of aliphatic hydroxyl groups excluding tert-OH is 1. The zero-order valence-electron chi connectivity index (χ0n) is 44.4. The molecule has 3 aromatic rings. The van der Waals surface area contributed by atoms with Crippen molar-refractivity contribution >= 4 is 41.6 Å². The van der Waals surface area contributed by atoms with E-state index in [1.807, 2.05) is 22.8 Å². The van der Waals surface area contributed by atoms with Gasteiger partial charge in [0.1, 0.15) is 23.7 Å². The highest BCUT2D eigenvalue weighted by molar-refractivity contribution is 6.09. The third-order valence-electron chi connectivity index (χ3n) is 14.5. The van der Waals surface area contributed by atoms with Crippen molar-refractivity contribution in [3.8, 4) is 11.8 Å². The maximum atomic E-state index is 16.0. The number of amides is 4. The number of halogens is 9. The van der Waals surface area contributed by atoms with Crippen molar-refractivity contribution in [1.29, 1.82) is 0 Å². The minimum Gasteiger partial charge on any atom is -0.453 e. The van der Waals surface area contributed by atoms with E-state index >= 15 is 4.39 Å². The molecule has 3 saturated heterocycles. The van der Waals surface area contributed by atoms with Gasteiger partial charge in [-0.1, -0.05) is 36.1 Å². The molecule has 3 aliphatic rings. The van der Waals surface area contributed by atoms with Gasteiger partial charge in [0.2, 0.25) is 5.91 Å². The topological polar surface area (TPSA) is 225 Å². The molecule has 4 heterocycles. The number of pyridine rings is 1. The maximum absolute atomic E-state index is 16.0. The predicted molar refractivity (Wildman–Crippen MR) is 274 cm³/mol. The number of benzene rings is 2. The number of carbonyl (C=O) groups is 4. The van der Waals surface area contributed by atoms with E-state index in [9.17, 15) is 59.4 Å². The van der Waals surface area contributed by atoms with Crippen LogP contribution in [-0.4, -0.2) is 159 Å². The number of piperazine rings is 1. The Hall–Kier alpha value is -7.15. The fourth-order valence-electron chi connectivity index (χ4n) is 9.40. The van der Waals surface area contributed by atoms with Gasteiger partial charge in [0.25, 0.3) is 5.91 Å². The molecule has 436 valence electrons. The van der Waals surface area contributed by atoms with Crippen LogP contribution in [0.4, 0.5) is 54.9 Å². The average molecular weight is 1140 g/mol. The number of alkyl carbamates (subject to hydrolysis) is 2. The van der Waals surface area contributed by atoms with Gasteiger partial charge in [0, 0.05) is 79.1 Å². The quantitative estimate of drug-likeness (QED) is 0.0259. The number of anilines is 1. The second kappa shape index (κ2) is 26.0. The van der Waals surface area contributed by atoms with Crippen molar-refractivity contribution in [3.05, 3.63) is 101 Å². The summed E-state index contributed by atoms with van der Waals surface area (Å²) in [6.07, 6.45) is -10.3. The van der Waals surface area contributed by atoms with Gasteiger partial charge in [-0.25, -0.2) is 29.0 Å². The molecule has 80 heavy (non-hydrogen) atoms. The van der Waals surface area contributed by atoms with Crippen molar-refractivity contribution in [3.63, 3.8) is 0 Å². The number of nitrogens with zero attached hydrogens (tertiary/aromatic N) is 5. The number of methoxy groups -OCH3 is 2. The van der Waals surface area contributed by atoms with Gasteiger partial charge in [-0.3, -0.25) is 19.9 Å². The number of ether oxygens (including phenoxy) is 3. The Labute approximate surface area is 455 Å². The molecule has 0 radical (unpaired) electrons. The summed E-state index contributed by atoms with van der Waals surface area (Å²) < 4.78 is 143. The molecule has 7 N–H and O–H groups in total. The van der Waals surface area contributed by atoms with Crippen LogP contribution in [0.25, 0.3) is 5.57 Å². The van der Waals surface area contributed by atoms with E-state index in [0.717, 1.165) is 77.5 Å². The Bertz CT molecular complexity index is 2770. The van der Waals surface area contributed by atoms with Gasteiger partial charge in [-0.15, -0.1) is 0 Å². The lowest BCUT2D eigenvalue weighted by Gasteiger charge is -2.47. The molecule has 3 fully saturated rings. The molecule has 1 aromatic heterocycles. The van der Waals surface area contributed by atoms with Gasteiger partial charge >= 0.3 is 31.1 Å². The van der Waals surface area contributed by atoms with Crippen LogP contribution < -0.4 is 32.0 Å². The highest BCUT2D eigenvalue weighted by atomic mass is 19.4. The normalized spacial score (nSPS) is 18.9. The predicted octanol–water partition coefficient (Wildman–Crippen LogP) is 5.81. The smallest absolute Gasteiger partial charge is 0.407 e. The summed E-state index contributed by atoms with van der Waals surface area (Å²) in [5, 5.41) is 18.8. The number of carbonyl (C=O) groups excluding carboxylic acids is 4. The molecule has 18 nitrogen and oxygen atoms in total. The van der Waals surface area contributed by atoms with Crippen LogP contribution in [0.15, 0.2) is 72.0 Å². The second-order valence-electron chi connectivity index (χ2n) is 20.6. The molecule has 3 aliphatic heterocycles. The average Bonchev–Trinajstić information content (AvgIpc) is 3.61. The number of hydrogen-bond donors (Lipinski definition) is 6. The molecular weight excluding hydrogens is 1080 g/mol. The molecular formula is C53H63F9N10O8. The number of hydrogen-bond acceptors (Lipinski definition) is 14. The number of fused-ring (bicyclic) bond motifs is 2. The lowest BCUT2D eigenvalue weighted by molar-refractivity contribution is -0.221. The van der Waals surface area contributed by atoms with Crippen LogP contribution in [0.5, 0.6) is 0 Å². The Morgan fingerprint density at radius 1 is 0.838 bits per heavy atom. The first-order valence-electron chi connectivity index (χ1n) is 25.1. The van der Waals surface area contributed by atoms with E-state index < -0.39 is 103 Å². The highest BCUT2D eigenvalue weighted by Gasteiger charge is 2.57. The summed E-state index contributed by atoms with van der Waals surface area (Å²) in [6.45, 7) is 0.690. The zero-order chi connectivity index (χ0) is 58.9. The van der Waals surface area contributed by atoms with Crippen LogP contribution in [0, 0.1) is 28.5 Å². The van der Waals surface area contributed by atoms with Crippen LogP contribution in [0.2, 0.25) is 0 Å². The number of aliphatic imine (C=N–C) groups is 1.